The Bertz CT molecular complexity index is 2330. The fourth-order valence-corrected chi connectivity index (χ4v) is 6.08. The summed E-state index contributed by atoms with van der Waals surface area (Å²) in [5.41, 5.74) is 7.64. The molecular formula is C42H30N4. The van der Waals surface area contributed by atoms with Crippen LogP contribution in [0.5, 0.6) is 0 Å². The van der Waals surface area contributed by atoms with Gasteiger partial charge in [-0.3, -0.25) is 0 Å². The maximum Gasteiger partial charge on any atom is 0.165 e. The second-order valence-corrected chi connectivity index (χ2v) is 11.0. The van der Waals surface area contributed by atoms with Gasteiger partial charge in [0, 0.05) is 22.3 Å². The molecule has 218 valence electrons. The van der Waals surface area contributed by atoms with Gasteiger partial charge in [0.25, 0.3) is 0 Å². The molecule has 1 aromatic heterocycles. The van der Waals surface area contributed by atoms with Crippen molar-refractivity contribution in [3.05, 3.63) is 157 Å². The molecular weight excluding hydrogens is 560 g/mol. The van der Waals surface area contributed by atoms with E-state index >= 15 is 0 Å². The van der Waals surface area contributed by atoms with Crippen LogP contribution in [0.3, 0.4) is 0 Å². The maximum absolute atomic E-state index is 9.45. The first-order chi connectivity index (χ1) is 22.7. The molecule has 7 aromatic rings. The van der Waals surface area contributed by atoms with Crippen LogP contribution in [0.15, 0.2) is 146 Å². The lowest BCUT2D eigenvalue weighted by atomic mass is 9.87. The van der Waals surface area contributed by atoms with Gasteiger partial charge in [-0.15, -0.1) is 0 Å². The minimum absolute atomic E-state index is 0.621. The van der Waals surface area contributed by atoms with Gasteiger partial charge in [-0.1, -0.05) is 133 Å². The van der Waals surface area contributed by atoms with Gasteiger partial charge >= 0.3 is 0 Å². The van der Waals surface area contributed by atoms with Crippen molar-refractivity contribution in [1.82, 2.24) is 15.0 Å². The molecule has 0 saturated heterocycles. The van der Waals surface area contributed by atoms with Gasteiger partial charge in [-0.2, -0.15) is 5.26 Å². The first-order valence-electron chi connectivity index (χ1n) is 15.3. The molecule has 4 heteroatoms. The second kappa shape index (κ2) is 12.4. The second-order valence-electron chi connectivity index (χ2n) is 11.0. The van der Waals surface area contributed by atoms with E-state index in [1.807, 2.05) is 86.7 Å². The molecule has 0 N–H and O–H groups in total. The first kappa shape index (κ1) is 28.6. The Morgan fingerprint density at radius 1 is 0.543 bits per heavy atom. The van der Waals surface area contributed by atoms with Crippen LogP contribution in [0.1, 0.15) is 25.2 Å². The molecule has 1 heterocycles. The summed E-state index contributed by atoms with van der Waals surface area (Å²) in [6, 6.07) is 45.6. The van der Waals surface area contributed by atoms with Crippen molar-refractivity contribution in [2.45, 2.75) is 13.8 Å². The zero-order valence-electron chi connectivity index (χ0n) is 25.6. The highest BCUT2D eigenvalue weighted by atomic mass is 15.0. The summed E-state index contributed by atoms with van der Waals surface area (Å²) in [6.07, 6.45) is 6.08. The van der Waals surface area contributed by atoms with Gasteiger partial charge in [-0.25, -0.2) is 15.0 Å². The number of nitriles is 1. The first-order valence-corrected chi connectivity index (χ1v) is 15.3. The van der Waals surface area contributed by atoms with Crippen LogP contribution in [0.4, 0.5) is 0 Å². The van der Waals surface area contributed by atoms with Crippen LogP contribution in [-0.2, 0) is 0 Å². The lowest BCUT2D eigenvalue weighted by molar-refractivity contribution is 1.04. The third kappa shape index (κ3) is 5.25. The summed E-state index contributed by atoms with van der Waals surface area (Å²) in [5, 5.41) is 14.0. The number of hydrogen-bond donors (Lipinski definition) is 0. The molecule has 4 nitrogen and oxygen atoms in total. The van der Waals surface area contributed by atoms with Crippen LogP contribution in [-0.4, -0.2) is 15.0 Å². The number of hydrogen-bond acceptors (Lipinski definition) is 4. The van der Waals surface area contributed by atoms with E-state index in [1.54, 1.807) is 0 Å². The Morgan fingerprint density at radius 3 is 1.78 bits per heavy atom. The minimum Gasteiger partial charge on any atom is -0.208 e. The van der Waals surface area contributed by atoms with E-state index in [9.17, 15) is 5.26 Å². The third-order valence-corrected chi connectivity index (χ3v) is 8.24. The smallest absolute Gasteiger partial charge is 0.165 e. The van der Waals surface area contributed by atoms with Crippen LogP contribution >= 0.6 is 0 Å². The van der Waals surface area contributed by atoms with E-state index < -0.39 is 0 Å². The summed E-state index contributed by atoms with van der Waals surface area (Å²) in [5.74, 6) is 1.87. The van der Waals surface area contributed by atoms with Crippen molar-refractivity contribution in [3.8, 4) is 51.1 Å². The Morgan fingerprint density at radius 2 is 1.13 bits per heavy atom. The van der Waals surface area contributed by atoms with E-state index in [1.165, 1.54) is 5.39 Å². The number of rotatable bonds is 6. The predicted molar refractivity (Wildman–Crippen MR) is 190 cm³/mol. The zero-order chi connectivity index (χ0) is 31.5. The molecule has 0 aliphatic heterocycles. The minimum atomic E-state index is 0.621. The van der Waals surface area contributed by atoms with E-state index in [4.69, 9.17) is 15.0 Å². The average molecular weight is 591 g/mol. The molecule has 0 fully saturated rings. The SMILES string of the molecule is C/C=C\C(=C/C)c1nc(-c2ccccc2)nc(-c2c(-c3ccc(-c4cccc(C#N)c4)cc3)c3ccccc3c3ccccc23)n1. The molecule has 7 rings (SSSR count). The molecule has 6 aromatic carbocycles. The van der Waals surface area contributed by atoms with E-state index in [0.717, 1.165) is 55.1 Å². The van der Waals surface area contributed by atoms with Gasteiger partial charge in [0.1, 0.15) is 0 Å². The monoisotopic (exact) mass is 590 g/mol. The van der Waals surface area contributed by atoms with E-state index in [2.05, 4.69) is 78.9 Å². The summed E-state index contributed by atoms with van der Waals surface area (Å²) >= 11 is 0. The molecule has 0 amide bonds. The molecule has 0 bridgehead atoms. The van der Waals surface area contributed by atoms with Crippen LogP contribution in [0.2, 0.25) is 0 Å². The van der Waals surface area contributed by atoms with E-state index in [0.29, 0.717) is 23.0 Å². The average Bonchev–Trinajstić information content (AvgIpc) is 3.13. The van der Waals surface area contributed by atoms with Gasteiger partial charge < -0.3 is 0 Å². The third-order valence-electron chi connectivity index (χ3n) is 8.24. The maximum atomic E-state index is 9.45. The summed E-state index contributed by atoms with van der Waals surface area (Å²) < 4.78 is 0. The highest BCUT2D eigenvalue weighted by Gasteiger charge is 2.21. The van der Waals surface area contributed by atoms with Crippen LogP contribution in [0.25, 0.3) is 72.1 Å². The van der Waals surface area contributed by atoms with Gasteiger partial charge in [-0.05, 0) is 64.2 Å². The fraction of sp³-hybridized carbons (Fsp3) is 0.0476. The van der Waals surface area contributed by atoms with Crippen molar-refractivity contribution in [1.29, 1.82) is 5.26 Å². The lowest BCUT2D eigenvalue weighted by Gasteiger charge is -2.18. The number of nitrogens with zero attached hydrogens (tertiary/aromatic N) is 4. The normalized spacial score (nSPS) is 11.7. The molecule has 0 unspecified atom stereocenters. The quantitative estimate of drug-likeness (QED) is 0.143. The van der Waals surface area contributed by atoms with Gasteiger partial charge in [0.15, 0.2) is 17.5 Å². The summed E-state index contributed by atoms with van der Waals surface area (Å²) in [4.78, 5) is 15.3. The van der Waals surface area contributed by atoms with Gasteiger partial charge in [0.2, 0.25) is 0 Å². The number of fused-ring (bicyclic) bond motifs is 3. The van der Waals surface area contributed by atoms with Crippen molar-refractivity contribution in [3.63, 3.8) is 0 Å². The molecule has 0 aliphatic rings. The highest BCUT2D eigenvalue weighted by Crippen LogP contribution is 2.44. The van der Waals surface area contributed by atoms with Crippen molar-refractivity contribution < 1.29 is 0 Å². The number of benzene rings is 6. The highest BCUT2D eigenvalue weighted by molar-refractivity contribution is 6.21. The standard InChI is InChI=1S/C42H30N4/c1-3-13-29(4-2)40-44-41(32-15-6-5-7-16-32)46-42(45-40)39-37-21-11-9-19-35(37)34-18-8-10-20-36(34)38(39)31-24-22-30(23-25-31)33-17-12-14-28(26-33)27-43/h3-26H,1-2H3/b13-3-,29-4+. The molecule has 0 spiro atoms. The van der Waals surface area contributed by atoms with Crippen molar-refractivity contribution in [2.75, 3.05) is 0 Å². The summed E-state index contributed by atoms with van der Waals surface area (Å²) in [7, 11) is 0. The number of aromatic nitrogens is 3. The van der Waals surface area contributed by atoms with E-state index in [-0.39, 0.29) is 0 Å². The molecule has 46 heavy (non-hydrogen) atoms. The Kier molecular flexibility index (Phi) is 7.73. The summed E-state index contributed by atoms with van der Waals surface area (Å²) in [6.45, 7) is 4.00. The Hall–Kier alpha value is -6.18. The largest absolute Gasteiger partial charge is 0.208 e. The van der Waals surface area contributed by atoms with Gasteiger partial charge in [0.05, 0.1) is 11.6 Å². The predicted octanol–water partition coefficient (Wildman–Crippen LogP) is 10.7. The zero-order valence-corrected chi connectivity index (χ0v) is 25.6. The Labute approximate surface area is 268 Å². The fourth-order valence-electron chi connectivity index (χ4n) is 6.08. The molecule has 0 aliphatic carbocycles. The molecule has 0 atom stereocenters. The number of allylic oxidation sites excluding steroid dienone is 4. The van der Waals surface area contributed by atoms with Crippen LogP contribution < -0.4 is 0 Å². The van der Waals surface area contributed by atoms with Crippen molar-refractivity contribution >= 4 is 27.1 Å². The lowest BCUT2D eigenvalue weighted by Crippen LogP contribution is -2.04. The Balaban J connectivity index is 1.55. The molecule has 0 saturated carbocycles. The van der Waals surface area contributed by atoms with Crippen molar-refractivity contribution in [2.24, 2.45) is 0 Å². The van der Waals surface area contributed by atoms with Crippen LogP contribution in [0, 0.1) is 11.3 Å². The topological polar surface area (TPSA) is 62.5 Å². The molecule has 0 radical (unpaired) electrons.